The van der Waals surface area contributed by atoms with Crippen LogP contribution in [0.25, 0.3) is 0 Å². The Morgan fingerprint density at radius 2 is 1.73 bits per heavy atom. The monoisotopic (exact) mass is 225 g/mol. The Morgan fingerprint density at radius 1 is 1.20 bits per heavy atom. The third kappa shape index (κ3) is 4.87. The quantitative estimate of drug-likeness (QED) is 0.657. The highest BCUT2D eigenvalue weighted by Gasteiger charge is 2.41. The lowest BCUT2D eigenvalue weighted by atomic mass is 9.96. The van der Waals surface area contributed by atoms with E-state index in [-0.39, 0.29) is 12.6 Å². The minimum absolute atomic E-state index is 0.182. The maximum absolute atomic E-state index is 12.4. The third-order valence-corrected chi connectivity index (χ3v) is 2.65. The van der Waals surface area contributed by atoms with Crippen molar-refractivity contribution in [3.05, 3.63) is 0 Å². The van der Waals surface area contributed by atoms with Gasteiger partial charge < -0.3 is 4.90 Å². The number of hydrogen-bond acceptors (Lipinski definition) is 1. The molecule has 0 saturated carbocycles. The first-order valence-electron chi connectivity index (χ1n) is 5.72. The fourth-order valence-electron chi connectivity index (χ4n) is 1.74. The molecule has 1 atom stereocenters. The third-order valence-electron chi connectivity index (χ3n) is 2.65. The lowest BCUT2D eigenvalue weighted by molar-refractivity contribution is -0.188. The van der Waals surface area contributed by atoms with Crippen molar-refractivity contribution in [2.45, 2.75) is 52.8 Å². The number of hydrogen-bond donors (Lipinski definition) is 0. The second-order valence-electron chi connectivity index (χ2n) is 3.97. The Bertz CT molecular complexity index is 166. The first-order chi connectivity index (χ1) is 6.91. The molecule has 1 rings (SSSR count). The van der Waals surface area contributed by atoms with E-state index in [1.807, 2.05) is 32.6 Å². The van der Waals surface area contributed by atoms with Crippen molar-refractivity contribution < 1.29 is 13.2 Å². The molecule has 0 N–H and O–H groups in total. The Balaban J connectivity index is 0.000000921. The van der Waals surface area contributed by atoms with E-state index in [0.717, 1.165) is 6.54 Å². The fraction of sp³-hybridized carbons (Fsp3) is 1.00. The molecule has 15 heavy (non-hydrogen) atoms. The summed E-state index contributed by atoms with van der Waals surface area (Å²) in [6, 6.07) is 0.227. The van der Waals surface area contributed by atoms with Crippen LogP contribution in [0.4, 0.5) is 13.2 Å². The molecule has 0 spiro atoms. The zero-order valence-electron chi connectivity index (χ0n) is 10.1. The summed E-state index contributed by atoms with van der Waals surface area (Å²) in [6.45, 7) is 8.88. The smallest absolute Gasteiger partial charge is 0.300 e. The number of likely N-dealkylation sites (tertiary alicyclic amines) is 1. The van der Waals surface area contributed by atoms with Gasteiger partial charge >= 0.3 is 6.18 Å². The van der Waals surface area contributed by atoms with Crippen molar-refractivity contribution in [3.8, 4) is 0 Å². The summed E-state index contributed by atoms with van der Waals surface area (Å²) in [7, 11) is 0. The van der Waals surface area contributed by atoms with Gasteiger partial charge in [-0.15, -0.1) is 0 Å². The zero-order valence-corrected chi connectivity index (χ0v) is 10.1. The maximum Gasteiger partial charge on any atom is 0.393 e. The summed E-state index contributed by atoms with van der Waals surface area (Å²) in [6.07, 6.45) is -3.04. The van der Waals surface area contributed by atoms with E-state index in [0.29, 0.717) is 12.8 Å². The molecule has 1 nitrogen and oxygen atoms in total. The second-order valence-corrected chi connectivity index (χ2v) is 3.97. The zero-order chi connectivity index (χ0) is 12.1. The van der Waals surface area contributed by atoms with Crippen molar-refractivity contribution in [3.63, 3.8) is 0 Å². The van der Waals surface area contributed by atoms with E-state index < -0.39 is 12.1 Å². The Morgan fingerprint density at radius 3 is 2.13 bits per heavy atom. The van der Waals surface area contributed by atoms with Crippen LogP contribution in [0, 0.1) is 5.92 Å². The van der Waals surface area contributed by atoms with Crippen LogP contribution < -0.4 is 0 Å². The maximum atomic E-state index is 12.4. The molecular formula is C11H22F3N. The molecule has 1 fully saturated rings. The molecular weight excluding hydrogens is 203 g/mol. The van der Waals surface area contributed by atoms with E-state index in [1.54, 1.807) is 0 Å². The predicted octanol–water partition coefficient (Wildman–Crippen LogP) is 3.70. The standard InChI is InChI=1S/C9H16F3N.C2H6/c1-7(2)13-5-3-4-8(6-13)9(10,11)12;1-2/h7-8H,3-6H2,1-2H3;1-2H3. The minimum Gasteiger partial charge on any atom is -0.300 e. The van der Waals surface area contributed by atoms with E-state index in [2.05, 4.69) is 0 Å². The van der Waals surface area contributed by atoms with Crippen LogP contribution in [0.2, 0.25) is 0 Å². The molecule has 0 radical (unpaired) electrons. The van der Waals surface area contributed by atoms with Gasteiger partial charge in [-0.1, -0.05) is 13.8 Å². The van der Waals surface area contributed by atoms with Crippen LogP contribution in [-0.4, -0.2) is 30.2 Å². The van der Waals surface area contributed by atoms with Gasteiger partial charge in [0.15, 0.2) is 0 Å². The molecule has 0 aliphatic carbocycles. The Labute approximate surface area is 90.6 Å². The topological polar surface area (TPSA) is 3.24 Å². The average Bonchev–Trinajstić information content (AvgIpc) is 2.20. The summed E-state index contributed by atoms with van der Waals surface area (Å²) in [5.74, 6) is -1.11. The molecule has 1 aliphatic rings. The highest BCUT2D eigenvalue weighted by Crippen LogP contribution is 2.33. The number of halogens is 3. The molecule has 0 aromatic heterocycles. The molecule has 1 saturated heterocycles. The van der Waals surface area contributed by atoms with Gasteiger partial charge in [-0.3, -0.25) is 0 Å². The lowest BCUT2D eigenvalue weighted by Gasteiger charge is -2.36. The van der Waals surface area contributed by atoms with Crippen LogP contribution in [0.15, 0.2) is 0 Å². The van der Waals surface area contributed by atoms with Crippen LogP contribution in [-0.2, 0) is 0 Å². The number of alkyl halides is 3. The van der Waals surface area contributed by atoms with Crippen LogP contribution >= 0.6 is 0 Å². The molecule has 1 unspecified atom stereocenters. The summed E-state index contributed by atoms with van der Waals surface area (Å²) in [5.41, 5.74) is 0. The van der Waals surface area contributed by atoms with Gasteiger partial charge in [0.2, 0.25) is 0 Å². The van der Waals surface area contributed by atoms with Crippen LogP contribution in [0.5, 0.6) is 0 Å². The summed E-state index contributed by atoms with van der Waals surface area (Å²) in [5, 5.41) is 0. The van der Waals surface area contributed by atoms with Gasteiger partial charge in [-0.05, 0) is 33.2 Å². The number of nitrogens with zero attached hydrogens (tertiary/aromatic N) is 1. The largest absolute Gasteiger partial charge is 0.393 e. The highest BCUT2D eigenvalue weighted by atomic mass is 19.4. The average molecular weight is 225 g/mol. The van der Waals surface area contributed by atoms with Gasteiger partial charge in [-0.25, -0.2) is 0 Å². The lowest BCUT2D eigenvalue weighted by Crippen LogP contribution is -2.44. The molecule has 0 aromatic rings. The van der Waals surface area contributed by atoms with E-state index in [4.69, 9.17) is 0 Å². The van der Waals surface area contributed by atoms with E-state index >= 15 is 0 Å². The predicted molar refractivity (Wildman–Crippen MR) is 56.8 cm³/mol. The van der Waals surface area contributed by atoms with Crippen molar-refractivity contribution in [1.82, 2.24) is 4.90 Å². The Hall–Kier alpha value is -0.250. The molecule has 4 heteroatoms. The highest BCUT2D eigenvalue weighted by molar-refractivity contribution is 4.79. The van der Waals surface area contributed by atoms with Gasteiger partial charge in [0.1, 0.15) is 0 Å². The van der Waals surface area contributed by atoms with Crippen molar-refractivity contribution in [2.24, 2.45) is 5.92 Å². The number of piperidine rings is 1. The molecule has 92 valence electrons. The van der Waals surface area contributed by atoms with E-state index in [1.165, 1.54) is 0 Å². The Kier molecular flexibility index (Phi) is 6.25. The number of rotatable bonds is 1. The summed E-state index contributed by atoms with van der Waals surface area (Å²) >= 11 is 0. The van der Waals surface area contributed by atoms with Crippen molar-refractivity contribution >= 4 is 0 Å². The van der Waals surface area contributed by atoms with Crippen LogP contribution in [0.3, 0.4) is 0 Å². The minimum atomic E-state index is -4.01. The van der Waals surface area contributed by atoms with Gasteiger partial charge in [0, 0.05) is 12.6 Å². The fourth-order valence-corrected chi connectivity index (χ4v) is 1.74. The van der Waals surface area contributed by atoms with Crippen molar-refractivity contribution in [1.29, 1.82) is 0 Å². The second kappa shape index (κ2) is 6.36. The first-order valence-corrected chi connectivity index (χ1v) is 5.72. The van der Waals surface area contributed by atoms with Crippen molar-refractivity contribution in [2.75, 3.05) is 13.1 Å². The van der Waals surface area contributed by atoms with Gasteiger partial charge in [0.25, 0.3) is 0 Å². The van der Waals surface area contributed by atoms with Gasteiger partial charge in [-0.2, -0.15) is 13.2 Å². The SMILES string of the molecule is CC.CC(C)N1CCCC(C(F)(F)F)C1. The molecule has 1 aliphatic heterocycles. The molecule has 0 bridgehead atoms. The molecule has 1 heterocycles. The van der Waals surface area contributed by atoms with Gasteiger partial charge in [0.05, 0.1) is 5.92 Å². The summed E-state index contributed by atoms with van der Waals surface area (Å²) < 4.78 is 37.1. The van der Waals surface area contributed by atoms with E-state index in [9.17, 15) is 13.2 Å². The summed E-state index contributed by atoms with van der Waals surface area (Å²) in [4.78, 5) is 1.90. The molecule has 0 aromatic carbocycles. The van der Waals surface area contributed by atoms with Crippen LogP contribution in [0.1, 0.15) is 40.5 Å². The normalized spacial score (nSPS) is 23.6. The molecule has 0 amide bonds. The first kappa shape index (κ1) is 14.8.